The van der Waals surface area contributed by atoms with Gasteiger partial charge in [-0.25, -0.2) is 4.98 Å². The van der Waals surface area contributed by atoms with Crippen molar-refractivity contribution in [1.29, 1.82) is 0 Å². The minimum atomic E-state index is -0.00470. The smallest absolute Gasteiger partial charge is 0.261 e. The first kappa shape index (κ1) is 22.2. The Morgan fingerprint density at radius 1 is 1.19 bits per heavy atom. The number of fused-ring (bicyclic) bond motifs is 1. The lowest BCUT2D eigenvalue weighted by Gasteiger charge is -2.22. The lowest BCUT2D eigenvalue weighted by Crippen LogP contribution is -2.37. The van der Waals surface area contributed by atoms with E-state index < -0.39 is 0 Å². The van der Waals surface area contributed by atoms with Gasteiger partial charge < -0.3 is 4.90 Å². The van der Waals surface area contributed by atoms with Crippen LogP contribution in [0.5, 0.6) is 0 Å². The van der Waals surface area contributed by atoms with Crippen molar-refractivity contribution in [3.8, 4) is 0 Å². The zero-order chi connectivity index (χ0) is 18.7. The van der Waals surface area contributed by atoms with Crippen LogP contribution in [0.2, 0.25) is 0 Å². The van der Waals surface area contributed by atoms with Crippen molar-refractivity contribution >= 4 is 72.7 Å². The molecule has 0 fully saturated rings. The van der Waals surface area contributed by atoms with Crippen molar-refractivity contribution in [1.82, 2.24) is 9.88 Å². The quantitative estimate of drug-likeness (QED) is 0.436. The summed E-state index contributed by atoms with van der Waals surface area (Å²) in [4.78, 5) is 22.9. The number of anilines is 1. The number of thiazole rings is 1. The molecule has 4 nitrogen and oxygen atoms in total. The molecule has 0 N–H and O–H groups in total. The van der Waals surface area contributed by atoms with E-state index >= 15 is 0 Å². The van der Waals surface area contributed by atoms with Crippen LogP contribution >= 0.6 is 51.4 Å². The van der Waals surface area contributed by atoms with Gasteiger partial charge in [-0.1, -0.05) is 39.4 Å². The van der Waals surface area contributed by atoms with Gasteiger partial charge in [-0.3, -0.25) is 9.69 Å². The fourth-order valence-corrected chi connectivity index (χ4v) is 4.68. The Morgan fingerprint density at radius 3 is 2.63 bits per heavy atom. The second-order valence-corrected chi connectivity index (χ2v) is 8.84. The monoisotopic (exact) mass is 485 g/mol. The predicted octanol–water partition coefficient (Wildman–Crippen LogP) is 5.41. The number of hydrogen-bond acceptors (Lipinski definition) is 5. The summed E-state index contributed by atoms with van der Waals surface area (Å²) in [6.45, 7) is 1.36. The Kier molecular flexibility index (Phi) is 8.12. The maximum atomic E-state index is 13.3. The van der Waals surface area contributed by atoms with Crippen LogP contribution in [-0.4, -0.2) is 49.2 Å². The molecule has 3 aromatic rings. The molecule has 8 heteroatoms. The van der Waals surface area contributed by atoms with Gasteiger partial charge in [-0.2, -0.15) is 0 Å². The van der Waals surface area contributed by atoms with Crippen LogP contribution in [0.1, 0.15) is 10.4 Å². The van der Waals surface area contributed by atoms with E-state index in [4.69, 9.17) is 4.98 Å². The number of amides is 1. The average Bonchev–Trinajstić information content (AvgIpc) is 3.04. The Morgan fingerprint density at radius 2 is 1.93 bits per heavy atom. The summed E-state index contributed by atoms with van der Waals surface area (Å²) in [5, 5.41) is 0.737. The van der Waals surface area contributed by atoms with E-state index in [-0.39, 0.29) is 18.3 Å². The van der Waals surface area contributed by atoms with Gasteiger partial charge in [0.05, 0.1) is 15.8 Å². The molecule has 1 aromatic heterocycles. The highest BCUT2D eigenvalue weighted by molar-refractivity contribution is 9.10. The van der Waals surface area contributed by atoms with Crippen LogP contribution in [0.4, 0.5) is 5.13 Å². The molecule has 1 heterocycles. The highest BCUT2D eigenvalue weighted by atomic mass is 79.9. The molecule has 0 aliphatic rings. The number of nitrogens with zero attached hydrogens (tertiary/aromatic N) is 3. The molecule has 0 aliphatic carbocycles. The predicted molar refractivity (Wildman–Crippen MR) is 123 cm³/mol. The van der Waals surface area contributed by atoms with Crippen LogP contribution in [0.25, 0.3) is 10.2 Å². The first-order chi connectivity index (χ1) is 12.5. The molecule has 0 spiro atoms. The summed E-state index contributed by atoms with van der Waals surface area (Å²) >= 11 is 6.63. The highest BCUT2D eigenvalue weighted by Crippen LogP contribution is 2.32. The number of halogens is 2. The Hall–Kier alpha value is -1.12. The number of rotatable bonds is 6. The zero-order valence-corrected chi connectivity index (χ0v) is 19.3. The minimum Gasteiger partial charge on any atom is -0.308 e. The first-order valence-corrected chi connectivity index (χ1v) is 11.0. The van der Waals surface area contributed by atoms with Gasteiger partial charge in [-0.15, -0.1) is 24.2 Å². The third kappa shape index (κ3) is 5.23. The molecule has 1 amide bonds. The third-order valence-corrected chi connectivity index (χ3v) is 6.25. The summed E-state index contributed by atoms with van der Waals surface area (Å²) in [6.07, 6.45) is 1.99. The Bertz CT molecular complexity index is 932. The van der Waals surface area contributed by atoms with Crippen molar-refractivity contribution < 1.29 is 4.79 Å². The molecular formula is C19H21BrClN3OS2. The summed E-state index contributed by atoms with van der Waals surface area (Å²) in [5.74, 6) is -0.00470. The topological polar surface area (TPSA) is 36.4 Å². The molecule has 0 aliphatic heterocycles. The molecular weight excluding hydrogens is 466 g/mol. The number of aromatic nitrogens is 1. The second-order valence-electron chi connectivity index (χ2n) is 6.07. The Labute approximate surface area is 182 Å². The zero-order valence-electron chi connectivity index (χ0n) is 15.3. The number of carbonyl (C=O) groups is 1. The van der Waals surface area contributed by atoms with Gasteiger partial charge in [0.25, 0.3) is 5.91 Å². The van der Waals surface area contributed by atoms with Gasteiger partial charge in [0, 0.05) is 22.5 Å². The molecule has 2 aromatic carbocycles. The summed E-state index contributed by atoms with van der Waals surface area (Å²) in [7, 11) is 4.02. The van der Waals surface area contributed by atoms with Crippen LogP contribution < -0.4 is 4.90 Å². The minimum absolute atomic E-state index is 0. The van der Waals surface area contributed by atoms with Crippen molar-refractivity contribution in [3.05, 3.63) is 52.5 Å². The van der Waals surface area contributed by atoms with Gasteiger partial charge in [0.15, 0.2) is 5.13 Å². The number of likely N-dealkylation sites (N-methyl/N-ethyl adjacent to an activating group) is 1. The lowest BCUT2D eigenvalue weighted by atomic mass is 10.2. The molecule has 0 atom stereocenters. The molecule has 0 radical (unpaired) electrons. The summed E-state index contributed by atoms with van der Waals surface area (Å²) < 4.78 is 2.08. The molecule has 27 heavy (non-hydrogen) atoms. The number of hydrogen-bond donors (Lipinski definition) is 0. The molecule has 0 saturated heterocycles. The summed E-state index contributed by atoms with van der Waals surface area (Å²) in [5.41, 5.74) is 1.63. The van der Waals surface area contributed by atoms with Gasteiger partial charge in [0.2, 0.25) is 0 Å². The molecule has 3 rings (SSSR count). The van der Waals surface area contributed by atoms with Gasteiger partial charge in [0.1, 0.15) is 0 Å². The van der Waals surface area contributed by atoms with E-state index in [0.717, 1.165) is 36.8 Å². The molecule has 144 valence electrons. The van der Waals surface area contributed by atoms with Crippen LogP contribution in [-0.2, 0) is 0 Å². The van der Waals surface area contributed by atoms with Crippen molar-refractivity contribution in [3.63, 3.8) is 0 Å². The van der Waals surface area contributed by atoms with Crippen LogP contribution in [0.15, 0.2) is 51.8 Å². The highest BCUT2D eigenvalue weighted by Gasteiger charge is 2.23. The maximum Gasteiger partial charge on any atom is 0.261 e. The standard InChI is InChI=1S/C19H20BrN3OS2.ClH/c1-22(2)10-11-23(18(24)14-6-4-5-7-16(14)25-3)19-21-15-9-8-13(20)12-17(15)26-19;/h4-9,12H,10-11H2,1-3H3;1H. The fourth-order valence-electron chi connectivity index (χ4n) is 2.55. The molecule has 0 unspecified atom stereocenters. The van der Waals surface area contributed by atoms with Crippen molar-refractivity contribution in [2.24, 2.45) is 0 Å². The Balaban J connectivity index is 0.00000261. The second kappa shape index (κ2) is 9.89. The SMILES string of the molecule is CSc1ccccc1C(=O)N(CCN(C)C)c1nc2ccc(Br)cc2s1.Cl. The van der Waals surface area contributed by atoms with Gasteiger partial charge >= 0.3 is 0 Å². The van der Waals surface area contributed by atoms with Crippen LogP contribution in [0, 0.1) is 0 Å². The van der Waals surface area contributed by atoms with E-state index in [1.807, 2.05) is 62.8 Å². The van der Waals surface area contributed by atoms with Crippen molar-refractivity contribution in [2.75, 3.05) is 38.3 Å². The van der Waals surface area contributed by atoms with E-state index in [9.17, 15) is 4.79 Å². The largest absolute Gasteiger partial charge is 0.308 e. The number of carbonyl (C=O) groups excluding carboxylic acids is 1. The average molecular weight is 487 g/mol. The third-order valence-electron chi connectivity index (χ3n) is 3.92. The number of benzene rings is 2. The van der Waals surface area contributed by atoms with E-state index in [1.165, 1.54) is 0 Å². The summed E-state index contributed by atoms with van der Waals surface area (Å²) in [6, 6.07) is 13.7. The van der Waals surface area contributed by atoms with E-state index in [0.29, 0.717) is 6.54 Å². The molecule has 0 bridgehead atoms. The maximum absolute atomic E-state index is 13.3. The fraction of sp³-hybridized carbons (Fsp3) is 0.263. The van der Waals surface area contributed by atoms with Gasteiger partial charge in [-0.05, 0) is 50.7 Å². The number of thioether (sulfide) groups is 1. The van der Waals surface area contributed by atoms with E-state index in [1.54, 1.807) is 28.0 Å². The normalized spacial score (nSPS) is 10.9. The lowest BCUT2D eigenvalue weighted by molar-refractivity contribution is 0.0982. The van der Waals surface area contributed by atoms with Crippen LogP contribution in [0.3, 0.4) is 0 Å². The van der Waals surface area contributed by atoms with E-state index in [2.05, 4.69) is 20.8 Å². The first-order valence-electron chi connectivity index (χ1n) is 8.15. The van der Waals surface area contributed by atoms with Crippen molar-refractivity contribution in [2.45, 2.75) is 4.90 Å². The molecule has 0 saturated carbocycles.